The van der Waals surface area contributed by atoms with E-state index >= 15 is 0 Å². The molecule has 1 N–H and O–H groups in total. The summed E-state index contributed by atoms with van der Waals surface area (Å²) in [5, 5.41) is 23.3. The maximum Gasteiger partial charge on any atom is 0.388 e. The van der Waals surface area contributed by atoms with Gasteiger partial charge in [-0.05, 0) is 56.4 Å². The molecule has 2 aromatic heterocycles. The third kappa shape index (κ3) is 6.59. The molecule has 0 saturated carbocycles. The largest absolute Gasteiger partial charge is 0.493 e. The SMILES string of the molecule is COc1cc(C(O)(CCN(C)C)C(c2cc3cc(C#N)ccc3nc2OC)c2cccc(OC)c2OC)cc(OC(F)F)n1. The van der Waals surface area contributed by atoms with Crippen molar-refractivity contribution in [2.75, 3.05) is 49.1 Å². The lowest BCUT2D eigenvalue weighted by molar-refractivity contribution is -0.0538. The highest BCUT2D eigenvalue weighted by Crippen LogP contribution is 2.52. The summed E-state index contributed by atoms with van der Waals surface area (Å²) < 4.78 is 54.0. The fraction of sp³-hybridized carbons (Fsp3) is 0.344. The molecule has 2 heterocycles. The first kappa shape index (κ1) is 32.2. The minimum atomic E-state index is -3.16. The van der Waals surface area contributed by atoms with Crippen molar-refractivity contribution in [3.05, 3.63) is 76.9 Å². The van der Waals surface area contributed by atoms with Gasteiger partial charge in [-0.2, -0.15) is 19.0 Å². The van der Waals surface area contributed by atoms with E-state index in [4.69, 9.17) is 23.9 Å². The zero-order valence-electron chi connectivity index (χ0n) is 25.3. The van der Waals surface area contributed by atoms with E-state index in [9.17, 15) is 19.1 Å². The summed E-state index contributed by atoms with van der Waals surface area (Å²) in [5.41, 5.74) is 0.240. The first-order valence-corrected chi connectivity index (χ1v) is 13.6. The second-order valence-electron chi connectivity index (χ2n) is 10.2. The second-order valence-corrected chi connectivity index (χ2v) is 10.2. The lowest BCUT2D eigenvalue weighted by Gasteiger charge is -2.39. The standard InChI is InChI=1S/C32H34F2N4O6/c1-38(2)13-12-32(39,21-16-26(41-4)37-27(17-21)44-31(33)34)28(22-8-7-9-25(40-3)29(22)42-5)23-15-20-14-19(18-35)10-11-24(20)36-30(23)43-6/h7-11,14-17,28,31,39H,12-13H2,1-6H3. The first-order chi connectivity index (χ1) is 21.1. The van der Waals surface area contributed by atoms with E-state index in [1.54, 1.807) is 42.5 Å². The topological polar surface area (TPSA) is 119 Å². The highest BCUT2D eigenvalue weighted by molar-refractivity contribution is 5.82. The van der Waals surface area contributed by atoms with E-state index in [0.29, 0.717) is 45.6 Å². The normalized spacial score (nSPS) is 13.3. The summed E-state index contributed by atoms with van der Waals surface area (Å²) in [6.07, 6.45) is 0.0890. The maximum absolute atomic E-state index is 13.4. The van der Waals surface area contributed by atoms with Crippen molar-refractivity contribution in [3.8, 4) is 35.2 Å². The minimum Gasteiger partial charge on any atom is -0.493 e. The summed E-state index contributed by atoms with van der Waals surface area (Å²) in [7, 11) is 9.48. The average Bonchev–Trinajstić information content (AvgIpc) is 3.02. The quantitative estimate of drug-likeness (QED) is 0.219. The van der Waals surface area contributed by atoms with Gasteiger partial charge in [-0.25, -0.2) is 4.98 Å². The van der Waals surface area contributed by atoms with Crippen LogP contribution in [0.4, 0.5) is 8.78 Å². The number of aliphatic hydroxyl groups is 1. The van der Waals surface area contributed by atoms with Crippen LogP contribution in [0.2, 0.25) is 0 Å². The Balaban J connectivity index is 2.15. The molecule has 2 unspecified atom stereocenters. The molecule has 2 aromatic carbocycles. The molecule has 2 atom stereocenters. The van der Waals surface area contributed by atoms with Gasteiger partial charge in [-0.1, -0.05) is 12.1 Å². The van der Waals surface area contributed by atoms with Crippen LogP contribution < -0.4 is 23.7 Å². The monoisotopic (exact) mass is 608 g/mol. The minimum absolute atomic E-state index is 0.0416. The van der Waals surface area contributed by atoms with E-state index in [1.807, 2.05) is 19.0 Å². The number of nitriles is 1. The van der Waals surface area contributed by atoms with E-state index in [1.165, 1.54) is 40.6 Å². The Morgan fingerprint density at radius 3 is 2.27 bits per heavy atom. The Hall–Kier alpha value is -4.73. The molecule has 10 nitrogen and oxygen atoms in total. The van der Waals surface area contributed by atoms with Crippen LogP contribution in [-0.4, -0.2) is 75.7 Å². The van der Waals surface area contributed by atoms with Crippen molar-refractivity contribution >= 4 is 10.9 Å². The molecule has 0 fully saturated rings. The fourth-order valence-electron chi connectivity index (χ4n) is 5.27. The number of aromatic nitrogens is 2. The molecule has 0 aliphatic heterocycles. The van der Waals surface area contributed by atoms with Crippen LogP contribution in [0, 0.1) is 11.3 Å². The molecule has 4 rings (SSSR count). The van der Waals surface area contributed by atoms with Crippen LogP contribution in [0.15, 0.2) is 54.6 Å². The highest BCUT2D eigenvalue weighted by atomic mass is 19.3. The van der Waals surface area contributed by atoms with Crippen LogP contribution in [0.5, 0.6) is 29.1 Å². The number of para-hydroxylation sites is 1. The van der Waals surface area contributed by atoms with Gasteiger partial charge < -0.3 is 33.7 Å². The van der Waals surface area contributed by atoms with Gasteiger partial charge in [0.25, 0.3) is 0 Å². The van der Waals surface area contributed by atoms with Gasteiger partial charge in [0.1, 0.15) is 5.60 Å². The van der Waals surface area contributed by atoms with Crippen molar-refractivity contribution in [3.63, 3.8) is 0 Å². The lowest BCUT2D eigenvalue weighted by atomic mass is 9.71. The predicted octanol–water partition coefficient (Wildman–Crippen LogP) is 5.11. The maximum atomic E-state index is 13.4. The van der Waals surface area contributed by atoms with Gasteiger partial charge in [0.15, 0.2) is 11.5 Å². The summed E-state index contributed by atoms with van der Waals surface area (Å²) in [5.74, 6) is -0.543. The molecule has 232 valence electrons. The van der Waals surface area contributed by atoms with Crippen molar-refractivity contribution in [1.29, 1.82) is 5.26 Å². The molecule has 0 spiro atoms. The molecule has 44 heavy (non-hydrogen) atoms. The van der Waals surface area contributed by atoms with Crippen LogP contribution >= 0.6 is 0 Å². The third-order valence-corrected chi connectivity index (χ3v) is 7.30. The molecule has 0 aliphatic carbocycles. The molecule has 0 saturated heterocycles. The number of rotatable bonds is 13. The van der Waals surface area contributed by atoms with Crippen molar-refractivity contribution < 1.29 is 37.6 Å². The van der Waals surface area contributed by atoms with Crippen LogP contribution in [0.1, 0.15) is 34.6 Å². The van der Waals surface area contributed by atoms with Crippen molar-refractivity contribution in [1.82, 2.24) is 14.9 Å². The summed E-state index contributed by atoms with van der Waals surface area (Å²) in [4.78, 5) is 10.6. The van der Waals surface area contributed by atoms with Crippen LogP contribution in [0.3, 0.4) is 0 Å². The molecule has 4 aromatic rings. The number of halogens is 2. The van der Waals surface area contributed by atoms with Crippen LogP contribution in [-0.2, 0) is 5.60 Å². The van der Waals surface area contributed by atoms with Gasteiger partial charge in [0, 0.05) is 35.2 Å². The van der Waals surface area contributed by atoms with Gasteiger partial charge in [-0.15, -0.1) is 0 Å². The number of ether oxygens (including phenoxy) is 5. The van der Waals surface area contributed by atoms with Gasteiger partial charge in [-0.3, -0.25) is 0 Å². The Morgan fingerprint density at radius 2 is 1.66 bits per heavy atom. The number of pyridine rings is 2. The molecule has 0 bridgehead atoms. The Kier molecular flexibility index (Phi) is 10.0. The molecule has 0 aliphatic rings. The lowest BCUT2D eigenvalue weighted by Crippen LogP contribution is -2.38. The van der Waals surface area contributed by atoms with E-state index in [-0.39, 0.29) is 23.7 Å². The Labute approximate surface area is 254 Å². The number of nitrogens with zero attached hydrogens (tertiary/aromatic N) is 4. The number of alkyl halides is 2. The summed E-state index contributed by atoms with van der Waals surface area (Å²) in [6.45, 7) is -2.79. The Bertz CT molecular complexity index is 1660. The number of hydrogen-bond acceptors (Lipinski definition) is 10. The number of hydrogen-bond donors (Lipinski definition) is 1. The zero-order valence-corrected chi connectivity index (χ0v) is 25.3. The number of methoxy groups -OCH3 is 4. The number of benzene rings is 2. The van der Waals surface area contributed by atoms with E-state index in [0.717, 1.165) is 0 Å². The smallest absolute Gasteiger partial charge is 0.388 e. The van der Waals surface area contributed by atoms with Crippen molar-refractivity contribution in [2.45, 2.75) is 24.6 Å². The molecule has 12 heteroatoms. The molecular formula is C32H34F2N4O6. The third-order valence-electron chi connectivity index (χ3n) is 7.30. The molecular weight excluding hydrogens is 574 g/mol. The molecule has 0 amide bonds. The number of fused-ring (bicyclic) bond motifs is 1. The second kappa shape index (κ2) is 13.7. The average molecular weight is 609 g/mol. The zero-order chi connectivity index (χ0) is 32.0. The first-order valence-electron chi connectivity index (χ1n) is 13.6. The fourth-order valence-corrected chi connectivity index (χ4v) is 5.27. The van der Waals surface area contributed by atoms with E-state index in [2.05, 4.69) is 15.8 Å². The van der Waals surface area contributed by atoms with Gasteiger partial charge >= 0.3 is 6.61 Å². The molecule has 0 radical (unpaired) electrons. The van der Waals surface area contributed by atoms with Crippen LogP contribution in [0.25, 0.3) is 10.9 Å². The van der Waals surface area contributed by atoms with E-state index < -0.39 is 24.0 Å². The Morgan fingerprint density at radius 1 is 0.909 bits per heavy atom. The van der Waals surface area contributed by atoms with Gasteiger partial charge in [0.05, 0.1) is 51.5 Å². The predicted molar refractivity (Wildman–Crippen MR) is 159 cm³/mol. The summed E-state index contributed by atoms with van der Waals surface area (Å²) >= 11 is 0. The summed E-state index contributed by atoms with van der Waals surface area (Å²) in [6, 6.07) is 17.0. The van der Waals surface area contributed by atoms with Crippen molar-refractivity contribution in [2.24, 2.45) is 0 Å². The highest BCUT2D eigenvalue weighted by Gasteiger charge is 2.45. The van der Waals surface area contributed by atoms with Gasteiger partial charge in [0.2, 0.25) is 17.6 Å².